The van der Waals surface area contributed by atoms with Crippen LogP contribution < -0.4 is 4.74 Å². The van der Waals surface area contributed by atoms with Gasteiger partial charge in [0.15, 0.2) is 0 Å². The van der Waals surface area contributed by atoms with Crippen molar-refractivity contribution in [1.82, 2.24) is 9.97 Å². The summed E-state index contributed by atoms with van der Waals surface area (Å²) < 4.78 is 5.55. The second kappa shape index (κ2) is 5.57. The minimum atomic E-state index is 0.268. The number of aromatic hydroxyl groups is 1. The third-order valence-electron chi connectivity index (χ3n) is 3.00. The van der Waals surface area contributed by atoms with Gasteiger partial charge < -0.3 is 9.84 Å². The third kappa shape index (κ3) is 2.85. The number of phenols is 1. The molecule has 0 bridgehead atoms. The summed E-state index contributed by atoms with van der Waals surface area (Å²) in [5.74, 6) is 0.268. The van der Waals surface area contributed by atoms with Crippen LogP contribution in [0.2, 0.25) is 0 Å². The van der Waals surface area contributed by atoms with Crippen molar-refractivity contribution in [3.63, 3.8) is 0 Å². The number of hydrogen-bond donors (Lipinski definition) is 1. The number of benzene rings is 2. The molecular weight excluding hydrogens is 252 g/mol. The molecule has 0 spiro atoms. The minimum absolute atomic E-state index is 0.268. The minimum Gasteiger partial charge on any atom is -0.508 e. The van der Waals surface area contributed by atoms with E-state index < -0.39 is 0 Å². The van der Waals surface area contributed by atoms with Gasteiger partial charge in [0.2, 0.25) is 0 Å². The van der Waals surface area contributed by atoms with Gasteiger partial charge in [0.1, 0.15) is 5.75 Å². The molecule has 0 atom stereocenters. The first-order chi connectivity index (χ1) is 9.81. The lowest BCUT2D eigenvalue weighted by Crippen LogP contribution is -2.04. The summed E-state index contributed by atoms with van der Waals surface area (Å²) >= 11 is 0. The molecule has 0 saturated carbocycles. The van der Waals surface area contributed by atoms with E-state index in [0.29, 0.717) is 19.0 Å². The molecule has 100 valence electrons. The maximum Gasteiger partial charge on any atom is 0.316 e. The Bertz CT molecular complexity index is 728. The number of phenolic OH excluding ortho intramolecular Hbond substituents is 1. The first-order valence-electron chi connectivity index (χ1n) is 6.44. The number of hydrogen-bond acceptors (Lipinski definition) is 4. The van der Waals surface area contributed by atoms with Gasteiger partial charge in [-0.1, -0.05) is 30.3 Å². The van der Waals surface area contributed by atoms with E-state index in [9.17, 15) is 5.11 Å². The van der Waals surface area contributed by atoms with E-state index in [1.807, 2.05) is 36.4 Å². The van der Waals surface area contributed by atoms with E-state index in [1.165, 1.54) is 0 Å². The monoisotopic (exact) mass is 266 g/mol. The molecular formula is C16H14N2O2. The van der Waals surface area contributed by atoms with Gasteiger partial charge in [-0.25, -0.2) is 4.98 Å². The number of ether oxygens (including phenoxy) is 1. The average Bonchev–Trinajstić information content (AvgIpc) is 2.47. The van der Waals surface area contributed by atoms with Crippen LogP contribution in [0, 0.1) is 0 Å². The Balaban J connectivity index is 1.65. The Morgan fingerprint density at radius 2 is 1.95 bits per heavy atom. The van der Waals surface area contributed by atoms with E-state index in [2.05, 4.69) is 9.97 Å². The van der Waals surface area contributed by atoms with Crippen LogP contribution >= 0.6 is 0 Å². The topological polar surface area (TPSA) is 55.2 Å². The predicted molar refractivity (Wildman–Crippen MR) is 76.8 cm³/mol. The first kappa shape index (κ1) is 12.4. The van der Waals surface area contributed by atoms with Crippen molar-refractivity contribution in [2.24, 2.45) is 0 Å². The van der Waals surface area contributed by atoms with E-state index in [1.54, 1.807) is 18.3 Å². The Labute approximate surface area is 116 Å². The molecule has 0 radical (unpaired) electrons. The molecule has 0 fully saturated rings. The fourth-order valence-corrected chi connectivity index (χ4v) is 2.00. The maximum atomic E-state index is 9.38. The molecule has 0 aliphatic heterocycles. The van der Waals surface area contributed by atoms with Crippen molar-refractivity contribution in [1.29, 1.82) is 0 Å². The summed E-state index contributed by atoms with van der Waals surface area (Å²) in [7, 11) is 0. The van der Waals surface area contributed by atoms with Gasteiger partial charge in [-0.2, -0.15) is 4.98 Å². The summed E-state index contributed by atoms with van der Waals surface area (Å²) in [5, 5.41) is 10.4. The average molecular weight is 266 g/mol. The van der Waals surface area contributed by atoms with Crippen LogP contribution in [-0.2, 0) is 6.42 Å². The summed E-state index contributed by atoms with van der Waals surface area (Å²) in [6, 6.07) is 15.3. The number of aromatic nitrogens is 2. The second-order valence-corrected chi connectivity index (χ2v) is 4.48. The maximum absolute atomic E-state index is 9.38. The molecule has 1 heterocycles. The number of fused-ring (bicyclic) bond motifs is 1. The lowest BCUT2D eigenvalue weighted by atomic mass is 10.1. The smallest absolute Gasteiger partial charge is 0.316 e. The molecule has 4 heteroatoms. The molecule has 3 aromatic rings. The molecule has 0 aliphatic carbocycles. The highest BCUT2D eigenvalue weighted by molar-refractivity contribution is 5.77. The van der Waals surface area contributed by atoms with Crippen LogP contribution in [0.25, 0.3) is 10.9 Å². The normalized spacial score (nSPS) is 10.6. The molecule has 0 amide bonds. The highest BCUT2D eigenvalue weighted by Crippen LogP contribution is 2.14. The summed E-state index contributed by atoms with van der Waals surface area (Å²) in [5.41, 5.74) is 1.89. The van der Waals surface area contributed by atoms with Crippen LogP contribution in [0.3, 0.4) is 0 Å². The first-order valence-corrected chi connectivity index (χ1v) is 6.44. The van der Waals surface area contributed by atoms with Gasteiger partial charge in [0.25, 0.3) is 0 Å². The SMILES string of the molecule is Oc1cccc(CCOc2ncc3ccccc3n2)c1. The molecule has 1 N–H and O–H groups in total. The van der Waals surface area contributed by atoms with Crippen LogP contribution in [0.5, 0.6) is 11.8 Å². The summed E-state index contributed by atoms with van der Waals surface area (Å²) in [6.45, 7) is 0.474. The number of rotatable bonds is 4. The lowest BCUT2D eigenvalue weighted by molar-refractivity contribution is 0.297. The molecule has 0 saturated heterocycles. The molecule has 0 aliphatic rings. The summed E-state index contributed by atoms with van der Waals surface area (Å²) in [6.07, 6.45) is 2.45. The van der Waals surface area contributed by atoms with Gasteiger partial charge in [0, 0.05) is 18.0 Å². The van der Waals surface area contributed by atoms with Crippen LogP contribution in [0.4, 0.5) is 0 Å². The van der Waals surface area contributed by atoms with E-state index in [4.69, 9.17) is 4.74 Å². The van der Waals surface area contributed by atoms with Gasteiger partial charge in [0.05, 0.1) is 12.1 Å². The fraction of sp³-hybridized carbons (Fsp3) is 0.125. The van der Waals surface area contributed by atoms with Crippen molar-refractivity contribution in [2.75, 3.05) is 6.61 Å². The fourth-order valence-electron chi connectivity index (χ4n) is 2.00. The van der Waals surface area contributed by atoms with Crippen molar-refractivity contribution < 1.29 is 9.84 Å². The third-order valence-corrected chi connectivity index (χ3v) is 3.00. The number of nitrogens with zero attached hydrogens (tertiary/aromatic N) is 2. The molecule has 3 rings (SSSR count). The molecule has 20 heavy (non-hydrogen) atoms. The zero-order valence-corrected chi connectivity index (χ0v) is 10.9. The molecule has 0 unspecified atom stereocenters. The van der Waals surface area contributed by atoms with Crippen LogP contribution in [0.15, 0.2) is 54.7 Å². The predicted octanol–water partition coefficient (Wildman–Crippen LogP) is 2.96. The van der Waals surface area contributed by atoms with E-state index in [0.717, 1.165) is 16.5 Å². The van der Waals surface area contributed by atoms with Gasteiger partial charge in [-0.15, -0.1) is 0 Å². The highest BCUT2D eigenvalue weighted by Gasteiger charge is 2.01. The zero-order valence-electron chi connectivity index (χ0n) is 10.9. The zero-order chi connectivity index (χ0) is 13.8. The van der Waals surface area contributed by atoms with Crippen molar-refractivity contribution >= 4 is 10.9 Å². The van der Waals surface area contributed by atoms with Crippen molar-refractivity contribution in [2.45, 2.75) is 6.42 Å². The van der Waals surface area contributed by atoms with Crippen molar-refractivity contribution in [3.8, 4) is 11.8 Å². The van der Waals surface area contributed by atoms with E-state index >= 15 is 0 Å². The Hall–Kier alpha value is -2.62. The van der Waals surface area contributed by atoms with Crippen LogP contribution in [-0.4, -0.2) is 21.7 Å². The summed E-state index contributed by atoms with van der Waals surface area (Å²) in [4.78, 5) is 8.51. The van der Waals surface area contributed by atoms with E-state index in [-0.39, 0.29) is 5.75 Å². The molecule has 1 aromatic heterocycles. The van der Waals surface area contributed by atoms with Gasteiger partial charge >= 0.3 is 6.01 Å². The Morgan fingerprint density at radius 1 is 1.05 bits per heavy atom. The molecule has 4 nitrogen and oxygen atoms in total. The highest BCUT2D eigenvalue weighted by atomic mass is 16.5. The number of para-hydroxylation sites is 1. The van der Waals surface area contributed by atoms with Gasteiger partial charge in [-0.05, 0) is 23.8 Å². The van der Waals surface area contributed by atoms with Gasteiger partial charge in [-0.3, -0.25) is 0 Å². The lowest BCUT2D eigenvalue weighted by Gasteiger charge is -2.05. The Kier molecular flexibility index (Phi) is 3.46. The standard InChI is InChI=1S/C16H14N2O2/c19-14-6-3-4-12(10-14)8-9-20-16-17-11-13-5-1-2-7-15(13)18-16/h1-7,10-11,19H,8-9H2. The quantitative estimate of drug-likeness (QED) is 0.788. The second-order valence-electron chi connectivity index (χ2n) is 4.48. The largest absolute Gasteiger partial charge is 0.508 e. The van der Waals surface area contributed by atoms with Crippen LogP contribution in [0.1, 0.15) is 5.56 Å². The molecule has 2 aromatic carbocycles. The van der Waals surface area contributed by atoms with Crippen molar-refractivity contribution in [3.05, 3.63) is 60.3 Å². The Morgan fingerprint density at radius 3 is 2.85 bits per heavy atom.